The lowest BCUT2D eigenvalue weighted by atomic mass is 9.95. The van der Waals surface area contributed by atoms with E-state index in [4.69, 9.17) is 5.73 Å². The molecule has 0 spiro atoms. The van der Waals surface area contributed by atoms with Crippen LogP contribution in [0.2, 0.25) is 0 Å². The lowest BCUT2D eigenvalue weighted by molar-refractivity contribution is 0.327. The Morgan fingerprint density at radius 2 is 2.07 bits per heavy atom. The number of aromatic nitrogens is 2. The van der Waals surface area contributed by atoms with Crippen molar-refractivity contribution < 1.29 is 0 Å². The minimum Gasteiger partial charge on any atom is -0.330 e. The normalized spacial score (nSPS) is 13.5. The summed E-state index contributed by atoms with van der Waals surface area (Å²) in [5.41, 5.74) is 6.78. The van der Waals surface area contributed by atoms with Gasteiger partial charge >= 0.3 is 0 Å². The van der Waals surface area contributed by atoms with Crippen LogP contribution in [0, 0.1) is 5.92 Å². The van der Waals surface area contributed by atoms with E-state index < -0.39 is 0 Å². The van der Waals surface area contributed by atoms with Gasteiger partial charge in [-0.15, -0.1) is 0 Å². The summed E-state index contributed by atoms with van der Waals surface area (Å²) in [5, 5.41) is 0. The summed E-state index contributed by atoms with van der Waals surface area (Å²) in [6.07, 6.45) is 6.17. The molecule has 0 saturated carbocycles. The third-order valence-electron chi connectivity index (χ3n) is 3.13. The third-order valence-corrected chi connectivity index (χ3v) is 3.13. The van der Waals surface area contributed by atoms with Crippen LogP contribution in [0.5, 0.6) is 0 Å². The molecule has 0 bridgehead atoms. The second kappa shape index (κ2) is 5.15. The molecule has 2 N–H and O–H groups in total. The van der Waals surface area contributed by atoms with E-state index in [0.717, 1.165) is 11.6 Å². The lowest BCUT2D eigenvalue weighted by Crippen LogP contribution is -2.18. The average molecular weight is 195 g/mol. The topological polar surface area (TPSA) is 43.8 Å². The highest BCUT2D eigenvalue weighted by atomic mass is 15.1. The molecule has 0 amide bonds. The Morgan fingerprint density at radius 3 is 2.57 bits per heavy atom. The Morgan fingerprint density at radius 1 is 1.43 bits per heavy atom. The molecule has 1 aromatic heterocycles. The summed E-state index contributed by atoms with van der Waals surface area (Å²) in [6, 6.07) is 0.506. The maximum Gasteiger partial charge on any atom is 0.0951 e. The van der Waals surface area contributed by atoms with Gasteiger partial charge in [0.25, 0.3) is 0 Å². The number of imidazole rings is 1. The van der Waals surface area contributed by atoms with E-state index in [-0.39, 0.29) is 0 Å². The van der Waals surface area contributed by atoms with Gasteiger partial charge in [0.2, 0.25) is 0 Å². The second-order valence-corrected chi connectivity index (χ2v) is 3.81. The highest BCUT2D eigenvalue weighted by Gasteiger charge is 2.16. The third kappa shape index (κ3) is 2.15. The highest BCUT2D eigenvalue weighted by Crippen LogP contribution is 2.24. The van der Waals surface area contributed by atoms with Crippen molar-refractivity contribution in [2.75, 3.05) is 0 Å². The number of hydrogen-bond donors (Lipinski definition) is 1. The predicted molar refractivity (Wildman–Crippen MR) is 58.9 cm³/mol. The zero-order valence-electron chi connectivity index (χ0n) is 9.40. The van der Waals surface area contributed by atoms with Crippen molar-refractivity contribution in [1.29, 1.82) is 0 Å². The fourth-order valence-corrected chi connectivity index (χ4v) is 2.05. The van der Waals surface area contributed by atoms with Gasteiger partial charge in [-0.05, 0) is 12.8 Å². The largest absolute Gasteiger partial charge is 0.330 e. The predicted octanol–water partition coefficient (Wildman–Crippen LogP) is 2.34. The van der Waals surface area contributed by atoms with Crippen LogP contribution in [0.3, 0.4) is 0 Å². The van der Waals surface area contributed by atoms with Crippen molar-refractivity contribution in [3.05, 3.63) is 18.2 Å². The van der Waals surface area contributed by atoms with Gasteiger partial charge in [-0.2, -0.15) is 0 Å². The molecule has 80 valence electrons. The van der Waals surface area contributed by atoms with Crippen molar-refractivity contribution in [1.82, 2.24) is 9.55 Å². The first-order valence-corrected chi connectivity index (χ1v) is 5.45. The molecule has 0 aliphatic rings. The molecule has 0 saturated heterocycles. The van der Waals surface area contributed by atoms with Crippen LogP contribution >= 0.6 is 0 Å². The van der Waals surface area contributed by atoms with E-state index >= 15 is 0 Å². The lowest BCUT2D eigenvalue weighted by Gasteiger charge is -2.24. The van der Waals surface area contributed by atoms with E-state index in [1.54, 1.807) is 0 Å². The van der Waals surface area contributed by atoms with Gasteiger partial charge in [-0.25, -0.2) is 4.98 Å². The molecule has 1 heterocycles. The number of hydrogen-bond acceptors (Lipinski definition) is 2. The molecule has 1 unspecified atom stereocenters. The van der Waals surface area contributed by atoms with Crippen LogP contribution in [-0.2, 0) is 6.54 Å². The van der Waals surface area contributed by atoms with E-state index in [9.17, 15) is 0 Å². The van der Waals surface area contributed by atoms with Crippen LogP contribution in [0.15, 0.2) is 12.5 Å². The first-order valence-electron chi connectivity index (χ1n) is 5.45. The summed E-state index contributed by atoms with van der Waals surface area (Å²) in [4.78, 5) is 4.15. The Balaban J connectivity index is 2.81. The van der Waals surface area contributed by atoms with Gasteiger partial charge in [-0.3, -0.25) is 0 Å². The molecule has 3 heteroatoms. The summed E-state index contributed by atoms with van der Waals surface area (Å²) < 4.78 is 2.21. The smallest absolute Gasteiger partial charge is 0.0951 e. The fraction of sp³-hybridized carbons (Fsp3) is 0.727. The van der Waals surface area contributed by atoms with Crippen LogP contribution in [0.1, 0.15) is 45.3 Å². The van der Waals surface area contributed by atoms with E-state index in [2.05, 4.69) is 30.3 Å². The van der Waals surface area contributed by atoms with Crippen molar-refractivity contribution in [3.8, 4) is 0 Å². The SMILES string of the molecule is CCC(CC)C(C)n1cncc1CN. The molecular weight excluding hydrogens is 174 g/mol. The molecule has 0 aromatic carbocycles. The summed E-state index contributed by atoms with van der Waals surface area (Å²) in [6.45, 7) is 7.30. The molecule has 1 aromatic rings. The maximum atomic E-state index is 5.66. The number of rotatable bonds is 5. The number of nitrogens with two attached hydrogens (primary N) is 1. The highest BCUT2D eigenvalue weighted by molar-refractivity contribution is 4.99. The summed E-state index contributed by atoms with van der Waals surface area (Å²) >= 11 is 0. The Hall–Kier alpha value is -0.830. The molecule has 1 atom stereocenters. The first kappa shape index (κ1) is 11.2. The van der Waals surface area contributed by atoms with Crippen molar-refractivity contribution in [3.63, 3.8) is 0 Å². The maximum absolute atomic E-state index is 5.66. The molecule has 0 radical (unpaired) electrons. The molecule has 0 fully saturated rings. The van der Waals surface area contributed by atoms with Gasteiger partial charge in [0.05, 0.1) is 12.0 Å². The zero-order chi connectivity index (χ0) is 10.6. The molecular formula is C11H21N3. The number of nitrogens with zero attached hydrogens (tertiary/aromatic N) is 2. The van der Waals surface area contributed by atoms with Gasteiger partial charge in [0.1, 0.15) is 0 Å². The van der Waals surface area contributed by atoms with E-state index in [1.165, 1.54) is 12.8 Å². The van der Waals surface area contributed by atoms with Gasteiger partial charge in [-0.1, -0.05) is 26.7 Å². The van der Waals surface area contributed by atoms with Gasteiger partial charge < -0.3 is 10.3 Å². The Bertz CT molecular complexity index is 263. The molecule has 14 heavy (non-hydrogen) atoms. The molecule has 1 rings (SSSR count). The van der Waals surface area contributed by atoms with Crippen molar-refractivity contribution in [2.24, 2.45) is 11.7 Å². The van der Waals surface area contributed by atoms with Crippen molar-refractivity contribution >= 4 is 0 Å². The second-order valence-electron chi connectivity index (χ2n) is 3.81. The van der Waals surface area contributed by atoms with Crippen LogP contribution in [0.25, 0.3) is 0 Å². The average Bonchev–Trinajstić information content (AvgIpc) is 2.67. The first-order chi connectivity index (χ1) is 6.74. The standard InChI is InChI=1S/C11H21N3/c1-4-10(5-2)9(3)14-8-13-7-11(14)6-12/h7-10H,4-6,12H2,1-3H3. The minimum atomic E-state index is 0.506. The van der Waals surface area contributed by atoms with E-state index in [0.29, 0.717) is 12.6 Å². The molecule has 0 aliphatic carbocycles. The van der Waals surface area contributed by atoms with Crippen LogP contribution in [-0.4, -0.2) is 9.55 Å². The van der Waals surface area contributed by atoms with Gasteiger partial charge in [0.15, 0.2) is 0 Å². The van der Waals surface area contributed by atoms with Gasteiger partial charge in [0, 0.05) is 18.8 Å². The molecule has 0 aliphatic heterocycles. The Kier molecular flexibility index (Phi) is 4.14. The van der Waals surface area contributed by atoms with Crippen LogP contribution in [0.4, 0.5) is 0 Å². The monoisotopic (exact) mass is 195 g/mol. The minimum absolute atomic E-state index is 0.506. The summed E-state index contributed by atoms with van der Waals surface area (Å²) in [5.74, 6) is 0.717. The molecule has 3 nitrogen and oxygen atoms in total. The fourth-order valence-electron chi connectivity index (χ4n) is 2.05. The van der Waals surface area contributed by atoms with E-state index in [1.807, 2.05) is 12.5 Å². The quantitative estimate of drug-likeness (QED) is 0.783. The van der Waals surface area contributed by atoms with Crippen molar-refractivity contribution in [2.45, 2.75) is 46.2 Å². The Labute approximate surface area is 86.3 Å². The summed E-state index contributed by atoms with van der Waals surface area (Å²) in [7, 11) is 0. The van der Waals surface area contributed by atoms with Crippen LogP contribution < -0.4 is 5.73 Å². The zero-order valence-corrected chi connectivity index (χ0v) is 9.40.